The molecular formula is C14H12F2N4O. The molecule has 0 saturated heterocycles. The average Bonchev–Trinajstić information content (AvgIpc) is 2.83. The topological polar surface area (TPSA) is 70.7 Å². The Hall–Kier alpha value is -2.75. The molecule has 7 heteroatoms. The zero-order valence-corrected chi connectivity index (χ0v) is 11.4. The second-order valence-corrected chi connectivity index (χ2v) is 4.51. The number of nitrogens with one attached hydrogen (secondary N) is 1. The average molecular weight is 290 g/mol. The van der Waals surface area contributed by atoms with Crippen LogP contribution in [0.2, 0.25) is 0 Å². The summed E-state index contributed by atoms with van der Waals surface area (Å²) < 4.78 is 27.2. The molecule has 21 heavy (non-hydrogen) atoms. The zero-order chi connectivity index (χ0) is 15.6. The Morgan fingerprint density at radius 2 is 2.14 bits per heavy atom. The van der Waals surface area contributed by atoms with Crippen molar-refractivity contribution in [2.45, 2.75) is 19.9 Å². The van der Waals surface area contributed by atoms with Gasteiger partial charge in [-0.05, 0) is 26.0 Å². The Morgan fingerprint density at radius 3 is 2.71 bits per heavy atom. The van der Waals surface area contributed by atoms with Crippen LogP contribution in [0.3, 0.4) is 0 Å². The van der Waals surface area contributed by atoms with Crippen molar-refractivity contribution in [2.24, 2.45) is 0 Å². The van der Waals surface area contributed by atoms with Gasteiger partial charge >= 0.3 is 0 Å². The van der Waals surface area contributed by atoms with Crippen LogP contribution in [-0.2, 0) is 4.79 Å². The summed E-state index contributed by atoms with van der Waals surface area (Å²) in [5, 5.41) is 15.4. The van der Waals surface area contributed by atoms with Gasteiger partial charge in [0.1, 0.15) is 12.1 Å². The van der Waals surface area contributed by atoms with Gasteiger partial charge in [-0.3, -0.25) is 9.48 Å². The molecule has 0 saturated carbocycles. The minimum atomic E-state index is -1.04. The lowest BCUT2D eigenvalue weighted by Crippen LogP contribution is -2.24. The molecule has 0 aliphatic carbocycles. The third-order valence-electron chi connectivity index (χ3n) is 3.00. The van der Waals surface area contributed by atoms with Crippen LogP contribution in [0.25, 0.3) is 0 Å². The fourth-order valence-corrected chi connectivity index (χ4v) is 1.73. The molecule has 1 amide bonds. The van der Waals surface area contributed by atoms with Gasteiger partial charge in [0.05, 0.1) is 11.3 Å². The number of aromatic nitrogens is 2. The van der Waals surface area contributed by atoms with Crippen LogP contribution < -0.4 is 5.32 Å². The standard InChI is InChI=1S/C14H12F2N4O/c1-8-10(6-17)7-20(19-8)9(2)14(21)18-11-3-4-12(15)13(16)5-11/h3-5,7,9H,1-2H3,(H,18,21). The number of nitriles is 1. The molecule has 5 nitrogen and oxygen atoms in total. The third-order valence-corrected chi connectivity index (χ3v) is 3.00. The molecule has 0 aliphatic heterocycles. The fraction of sp³-hybridized carbons (Fsp3) is 0.214. The van der Waals surface area contributed by atoms with E-state index in [1.165, 1.54) is 16.9 Å². The SMILES string of the molecule is Cc1nn(C(C)C(=O)Nc2ccc(F)c(F)c2)cc1C#N. The Kier molecular flexibility index (Phi) is 3.98. The normalized spacial score (nSPS) is 11.8. The predicted octanol–water partition coefficient (Wildman–Crippen LogP) is 2.54. The number of rotatable bonds is 3. The second-order valence-electron chi connectivity index (χ2n) is 4.51. The molecule has 1 N–H and O–H groups in total. The van der Waals surface area contributed by atoms with Gasteiger partial charge in [0.25, 0.3) is 0 Å². The minimum Gasteiger partial charge on any atom is -0.324 e. The van der Waals surface area contributed by atoms with Gasteiger partial charge in [0.15, 0.2) is 11.6 Å². The second kappa shape index (κ2) is 5.71. The summed E-state index contributed by atoms with van der Waals surface area (Å²) in [6.45, 7) is 3.25. The van der Waals surface area contributed by atoms with Crippen LogP contribution in [-0.4, -0.2) is 15.7 Å². The Balaban J connectivity index is 2.15. The van der Waals surface area contributed by atoms with Crippen molar-refractivity contribution < 1.29 is 13.6 Å². The van der Waals surface area contributed by atoms with Gasteiger partial charge < -0.3 is 5.32 Å². The summed E-state index contributed by atoms with van der Waals surface area (Å²) in [7, 11) is 0. The monoisotopic (exact) mass is 290 g/mol. The molecule has 108 valence electrons. The number of hydrogen-bond donors (Lipinski definition) is 1. The molecule has 1 aromatic carbocycles. The maximum absolute atomic E-state index is 13.1. The third kappa shape index (κ3) is 3.05. The molecule has 1 aromatic heterocycles. The van der Waals surface area contributed by atoms with Gasteiger partial charge in [-0.15, -0.1) is 0 Å². The molecule has 0 bridgehead atoms. The first-order valence-corrected chi connectivity index (χ1v) is 6.14. The van der Waals surface area contributed by atoms with E-state index in [0.29, 0.717) is 11.3 Å². The van der Waals surface area contributed by atoms with Gasteiger partial charge in [-0.2, -0.15) is 10.4 Å². The molecule has 1 unspecified atom stereocenters. The highest BCUT2D eigenvalue weighted by molar-refractivity contribution is 5.93. The number of anilines is 1. The highest BCUT2D eigenvalue weighted by Gasteiger charge is 2.18. The van der Waals surface area contributed by atoms with Crippen LogP contribution in [0.1, 0.15) is 24.2 Å². The summed E-state index contributed by atoms with van der Waals surface area (Å²) in [5.74, 6) is -2.47. The number of hydrogen-bond acceptors (Lipinski definition) is 3. The van der Waals surface area contributed by atoms with E-state index in [1.54, 1.807) is 13.8 Å². The number of carbonyl (C=O) groups is 1. The lowest BCUT2D eigenvalue weighted by atomic mass is 10.2. The quantitative estimate of drug-likeness (QED) is 0.944. The van der Waals surface area contributed by atoms with E-state index in [1.807, 2.05) is 6.07 Å². The smallest absolute Gasteiger partial charge is 0.248 e. The Labute approximate surface area is 119 Å². The Morgan fingerprint density at radius 1 is 1.43 bits per heavy atom. The number of amides is 1. The van der Waals surface area contributed by atoms with Crippen molar-refractivity contribution >= 4 is 11.6 Å². The summed E-state index contributed by atoms with van der Waals surface area (Å²) in [4.78, 5) is 12.0. The first kappa shape index (κ1) is 14.7. The lowest BCUT2D eigenvalue weighted by Gasteiger charge is -2.12. The summed E-state index contributed by atoms with van der Waals surface area (Å²) >= 11 is 0. The summed E-state index contributed by atoms with van der Waals surface area (Å²) in [6, 6.07) is 4.36. The van der Waals surface area contributed by atoms with E-state index in [2.05, 4.69) is 10.4 Å². The van der Waals surface area contributed by atoms with E-state index in [0.717, 1.165) is 12.1 Å². The van der Waals surface area contributed by atoms with Gasteiger partial charge in [0, 0.05) is 18.0 Å². The highest BCUT2D eigenvalue weighted by atomic mass is 19.2. The van der Waals surface area contributed by atoms with Gasteiger partial charge in [-0.1, -0.05) is 0 Å². The lowest BCUT2D eigenvalue weighted by molar-refractivity contribution is -0.119. The predicted molar refractivity (Wildman–Crippen MR) is 71.4 cm³/mol. The number of halogens is 2. The molecule has 2 aromatic rings. The van der Waals surface area contributed by atoms with E-state index < -0.39 is 23.6 Å². The molecule has 0 radical (unpaired) electrons. The van der Waals surface area contributed by atoms with Crippen LogP contribution in [0.4, 0.5) is 14.5 Å². The van der Waals surface area contributed by atoms with Crippen LogP contribution in [0.5, 0.6) is 0 Å². The van der Waals surface area contributed by atoms with E-state index in [4.69, 9.17) is 5.26 Å². The van der Waals surface area contributed by atoms with E-state index in [9.17, 15) is 13.6 Å². The molecule has 0 spiro atoms. The van der Waals surface area contributed by atoms with Crippen molar-refractivity contribution in [3.05, 3.63) is 47.3 Å². The molecule has 1 atom stereocenters. The minimum absolute atomic E-state index is 0.148. The summed E-state index contributed by atoms with van der Waals surface area (Å²) in [6.07, 6.45) is 1.46. The van der Waals surface area contributed by atoms with Gasteiger partial charge in [-0.25, -0.2) is 8.78 Å². The zero-order valence-electron chi connectivity index (χ0n) is 11.4. The van der Waals surface area contributed by atoms with Crippen LogP contribution in [0.15, 0.2) is 24.4 Å². The maximum Gasteiger partial charge on any atom is 0.248 e. The Bertz CT molecular complexity index is 733. The van der Waals surface area contributed by atoms with Crippen LogP contribution in [0, 0.1) is 29.9 Å². The number of benzene rings is 1. The number of carbonyl (C=O) groups excluding carboxylic acids is 1. The van der Waals surface area contributed by atoms with Crippen LogP contribution >= 0.6 is 0 Å². The van der Waals surface area contributed by atoms with Crippen molar-refractivity contribution in [1.29, 1.82) is 5.26 Å². The fourth-order valence-electron chi connectivity index (χ4n) is 1.73. The van der Waals surface area contributed by atoms with Crippen molar-refractivity contribution in [3.63, 3.8) is 0 Å². The first-order chi connectivity index (χ1) is 9.92. The van der Waals surface area contributed by atoms with Gasteiger partial charge in [0.2, 0.25) is 5.91 Å². The van der Waals surface area contributed by atoms with Crippen molar-refractivity contribution in [2.75, 3.05) is 5.32 Å². The van der Waals surface area contributed by atoms with Crippen molar-refractivity contribution in [1.82, 2.24) is 9.78 Å². The molecule has 0 aliphatic rings. The largest absolute Gasteiger partial charge is 0.324 e. The van der Waals surface area contributed by atoms with Crippen molar-refractivity contribution in [3.8, 4) is 6.07 Å². The molecule has 1 heterocycles. The first-order valence-electron chi connectivity index (χ1n) is 6.14. The number of nitrogens with zero attached hydrogens (tertiary/aromatic N) is 3. The molecule has 2 rings (SSSR count). The summed E-state index contributed by atoms with van der Waals surface area (Å²) in [5.41, 5.74) is 1.04. The molecule has 0 fully saturated rings. The maximum atomic E-state index is 13.1. The van der Waals surface area contributed by atoms with E-state index in [-0.39, 0.29) is 5.69 Å². The van der Waals surface area contributed by atoms with E-state index >= 15 is 0 Å². The number of aryl methyl sites for hydroxylation is 1. The highest BCUT2D eigenvalue weighted by Crippen LogP contribution is 2.16. The molecular weight excluding hydrogens is 278 g/mol.